The smallest absolute Gasteiger partial charge is 0.166 e. The van der Waals surface area contributed by atoms with Crippen molar-refractivity contribution in [3.63, 3.8) is 0 Å². The second kappa shape index (κ2) is 3.55. The number of hydrogen-bond donors (Lipinski definition) is 0. The van der Waals surface area contributed by atoms with Gasteiger partial charge in [-0.05, 0) is 11.5 Å². The molecule has 2 nitrogen and oxygen atoms in total. The van der Waals surface area contributed by atoms with E-state index in [1.807, 2.05) is 24.3 Å². The Hall–Kier alpha value is -1.54. The predicted octanol–water partition coefficient (Wildman–Crippen LogP) is 2.55. The molecule has 0 spiro atoms. The lowest BCUT2D eigenvalue weighted by Crippen LogP contribution is -2.40. The van der Waals surface area contributed by atoms with Crippen molar-refractivity contribution >= 4 is 10.8 Å². The van der Waals surface area contributed by atoms with E-state index in [4.69, 9.17) is 4.74 Å². The van der Waals surface area contributed by atoms with Gasteiger partial charge in [0.05, 0.1) is 0 Å². The maximum absolute atomic E-state index is 5.80. The summed E-state index contributed by atoms with van der Waals surface area (Å²) in [4.78, 5) is 0. The first-order valence-corrected chi connectivity index (χ1v) is 5.24. The Balaban J connectivity index is 2.01. The second-order valence-corrected chi connectivity index (χ2v) is 3.74. The molecule has 1 aliphatic heterocycles. The van der Waals surface area contributed by atoms with Gasteiger partial charge in [0.1, 0.15) is 5.75 Å². The summed E-state index contributed by atoms with van der Waals surface area (Å²) < 4.78 is 5.80. The molecule has 1 fully saturated rings. The quantitative estimate of drug-likeness (QED) is 0.727. The number of hydrogen-bond acceptors (Lipinski definition) is 1. The van der Waals surface area contributed by atoms with Crippen molar-refractivity contribution in [3.05, 3.63) is 42.5 Å². The summed E-state index contributed by atoms with van der Waals surface area (Å²) in [6, 6.07) is 14.4. The summed E-state index contributed by atoms with van der Waals surface area (Å²) in [6.45, 7) is 0.940. The third-order valence-electron chi connectivity index (χ3n) is 2.72. The van der Waals surface area contributed by atoms with E-state index >= 15 is 0 Å². The molecule has 0 N–H and O–H groups in total. The Morgan fingerprint density at radius 3 is 2.67 bits per heavy atom. The summed E-state index contributed by atoms with van der Waals surface area (Å²) >= 11 is 0. The van der Waals surface area contributed by atoms with Crippen molar-refractivity contribution in [2.45, 2.75) is 12.6 Å². The van der Waals surface area contributed by atoms with E-state index in [-0.39, 0.29) is 6.23 Å². The molecule has 3 rings (SSSR count). The minimum atomic E-state index is 0.0795. The fraction of sp³-hybridized carbons (Fsp3) is 0.231. The van der Waals surface area contributed by atoms with Crippen LogP contribution in [0, 0.1) is 0 Å². The van der Waals surface area contributed by atoms with Crippen LogP contribution in [0.2, 0.25) is 0 Å². The highest BCUT2D eigenvalue weighted by atomic mass is 16.5. The molecule has 1 saturated heterocycles. The van der Waals surface area contributed by atoms with E-state index in [0.717, 1.165) is 18.7 Å². The van der Waals surface area contributed by atoms with Crippen LogP contribution in [0.3, 0.4) is 0 Å². The average Bonchev–Trinajstić information content (AvgIpc) is 2.23. The molecule has 2 aromatic carbocycles. The van der Waals surface area contributed by atoms with Crippen molar-refractivity contribution in [3.8, 4) is 5.75 Å². The Kier molecular flexibility index (Phi) is 2.07. The first-order chi connectivity index (χ1) is 7.43. The SMILES string of the molecule is c1ccc2c(OC3CC[N]3)cccc2c1. The zero-order valence-electron chi connectivity index (χ0n) is 8.39. The van der Waals surface area contributed by atoms with E-state index in [0.29, 0.717) is 0 Å². The third-order valence-corrected chi connectivity index (χ3v) is 2.72. The second-order valence-electron chi connectivity index (χ2n) is 3.74. The molecule has 1 unspecified atom stereocenters. The molecule has 0 aliphatic carbocycles. The predicted molar refractivity (Wildman–Crippen MR) is 60.0 cm³/mol. The van der Waals surface area contributed by atoms with Crippen LogP contribution in [0.4, 0.5) is 0 Å². The van der Waals surface area contributed by atoms with Gasteiger partial charge in [0.15, 0.2) is 6.23 Å². The Bertz CT molecular complexity index is 471. The van der Waals surface area contributed by atoms with E-state index in [1.54, 1.807) is 0 Å². The van der Waals surface area contributed by atoms with Crippen LogP contribution in [0.1, 0.15) is 6.42 Å². The highest BCUT2D eigenvalue weighted by Gasteiger charge is 2.20. The lowest BCUT2D eigenvalue weighted by molar-refractivity contribution is 0.0951. The highest BCUT2D eigenvalue weighted by molar-refractivity contribution is 5.88. The van der Waals surface area contributed by atoms with Crippen molar-refractivity contribution in [1.82, 2.24) is 5.32 Å². The molecule has 1 radical (unpaired) electrons. The topological polar surface area (TPSA) is 23.3 Å². The van der Waals surface area contributed by atoms with Gasteiger partial charge in [-0.1, -0.05) is 36.4 Å². The summed E-state index contributed by atoms with van der Waals surface area (Å²) in [5.74, 6) is 0.946. The minimum Gasteiger partial charge on any atom is -0.473 e. The maximum atomic E-state index is 5.80. The van der Waals surface area contributed by atoms with Gasteiger partial charge in [0, 0.05) is 18.4 Å². The minimum absolute atomic E-state index is 0.0795. The largest absolute Gasteiger partial charge is 0.473 e. The first-order valence-electron chi connectivity index (χ1n) is 5.24. The molecule has 1 atom stereocenters. The van der Waals surface area contributed by atoms with Gasteiger partial charge in [0.25, 0.3) is 0 Å². The first kappa shape index (κ1) is 8.74. The van der Waals surface area contributed by atoms with Gasteiger partial charge >= 0.3 is 0 Å². The molecular weight excluding hydrogens is 186 g/mol. The number of ether oxygens (including phenoxy) is 1. The number of rotatable bonds is 2. The fourth-order valence-electron chi connectivity index (χ4n) is 1.78. The molecule has 75 valence electrons. The Labute approximate surface area is 88.9 Å². The van der Waals surface area contributed by atoms with Crippen LogP contribution in [-0.2, 0) is 0 Å². The standard InChI is InChI=1S/C13H12NO/c1-2-6-11-10(4-1)5-3-7-12(11)15-13-8-9-14-13/h1-7,13H,8-9H2. The maximum Gasteiger partial charge on any atom is 0.166 e. The number of fused-ring (bicyclic) bond motifs is 1. The van der Waals surface area contributed by atoms with Crippen LogP contribution < -0.4 is 10.1 Å². The summed E-state index contributed by atoms with van der Waals surface area (Å²) in [6.07, 6.45) is 1.12. The van der Waals surface area contributed by atoms with Gasteiger partial charge in [-0.2, -0.15) is 0 Å². The van der Waals surface area contributed by atoms with E-state index < -0.39 is 0 Å². The lowest BCUT2D eigenvalue weighted by atomic mass is 10.1. The van der Waals surface area contributed by atoms with Crippen molar-refractivity contribution in [2.75, 3.05) is 6.54 Å². The Morgan fingerprint density at radius 1 is 1.07 bits per heavy atom. The molecule has 1 heterocycles. The van der Waals surface area contributed by atoms with E-state index in [1.165, 1.54) is 10.8 Å². The molecule has 0 amide bonds. The molecule has 2 aromatic rings. The van der Waals surface area contributed by atoms with Crippen LogP contribution in [0.15, 0.2) is 42.5 Å². The van der Waals surface area contributed by atoms with Crippen LogP contribution in [-0.4, -0.2) is 12.8 Å². The van der Waals surface area contributed by atoms with Gasteiger partial charge in [-0.15, -0.1) is 0 Å². The zero-order valence-corrected chi connectivity index (χ0v) is 8.39. The van der Waals surface area contributed by atoms with Crippen molar-refractivity contribution < 1.29 is 4.74 Å². The monoisotopic (exact) mass is 198 g/mol. The van der Waals surface area contributed by atoms with Gasteiger partial charge < -0.3 is 4.74 Å². The number of nitrogens with zero attached hydrogens (tertiary/aromatic N) is 1. The number of benzene rings is 2. The van der Waals surface area contributed by atoms with Crippen LogP contribution >= 0.6 is 0 Å². The van der Waals surface area contributed by atoms with E-state index in [9.17, 15) is 0 Å². The molecule has 15 heavy (non-hydrogen) atoms. The van der Waals surface area contributed by atoms with Gasteiger partial charge in [-0.25, -0.2) is 5.32 Å². The Morgan fingerprint density at radius 2 is 1.87 bits per heavy atom. The summed E-state index contributed by atoms with van der Waals surface area (Å²) in [5, 5.41) is 6.63. The van der Waals surface area contributed by atoms with E-state index in [2.05, 4.69) is 23.5 Å². The molecule has 0 bridgehead atoms. The fourth-order valence-corrected chi connectivity index (χ4v) is 1.78. The zero-order chi connectivity index (χ0) is 10.1. The van der Waals surface area contributed by atoms with Gasteiger partial charge in [-0.3, -0.25) is 0 Å². The summed E-state index contributed by atoms with van der Waals surface area (Å²) in [7, 11) is 0. The highest BCUT2D eigenvalue weighted by Crippen LogP contribution is 2.27. The van der Waals surface area contributed by atoms with Crippen LogP contribution in [0.25, 0.3) is 10.8 Å². The molecule has 0 saturated carbocycles. The molecule has 1 aliphatic rings. The lowest BCUT2D eigenvalue weighted by Gasteiger charge is -2.26. The molecule has 0 aromatic heterocycles. The molecule has 2 heteroatoms. The van der Waals surface area contributed by atoms with Crippen LogP contribution in [0.5, 0.6) is 5.75 Å². The normalized spacial score (nSPS) is 19.9. The van der Waals surface area contributed by atoms with Crippen molar-refractivity contribution in [2.24, 2.45) is 0 Å². The third kappa shape index (κ3) is 1.57. The average molecular weight is 198 g/mol. The summed E-state index contributed by atoms with van der Waals surface area (Å²) in [5.41, 5.74) is 0. The van der Waals surface area contributed by atoms with Crippen molar-refractivity contribution in [1.29, 1.82) is 0 Å². The van der Waals surface area contributed by atoms with Gasteiger partial charge in [0.2, 0.25) is 0 Å². The molecular formula is C13H12NO.